The summed E-state index contributed by atoms with van der Waals surface area (Å²) in [7, 11) is 0. The first kappa shape index (κ1) is 6.89. The molecule has 0 aromatic heterocycles. The normalized spacial score (nSPS) is 28.0. The zero-order valence-corrected chi connectivity index (χ0v) is 6.56. The van der Waals surface area contributed by atoms with E-state index in [1.807, 2.05) is 0 Å². The van der Waals surface area contributed by atoms with Gasteiger partial charge >= 0.3 is 5.97 Å². The molecule has 0 bridgehead atoms. The van der Waals surface area contributed by atoms with Crippen molar-refractivity contribution >= 4 is 5.97 Å². The Labute approximate surface area is 66.2 Å². The fourth-order valence-corrected chi connectivity index (χ4v) is 2.06. The van der Waals surface area contributed by atoms with Gasteiger partial charge in [0.1, 0.15) is 5.60 Å². The highest BCUT2D eigenvalue weighted by Gasteiger charge is 2.44. The first-order valence-corrected chi connectivity index (χ1v) is 4.13. The molecule has 2 nitrogen and oxygen atoms in total. The summed E-state index contributed by atoms with van der Waals surface area (Å²) >= 11 is 0. The van der Waals surface area contributed by atoms with Gasteiger partial charge in [0.15, 0.2) is 0 Å². The smallest absolute Gasteiger partial charge is 0.334 e. The summed E-state index contributed by atoms with van der Waals surface area (Å²) in [6.45, 7) is 3.68. The van der Waals surface area contributed by atoms with E-state index < -0.39 is 0 Å². The largest absolute Gasteiger partial charge is 0.455 e. The molecule has 1 saturated heterocycles. The van der Waals surface area contributed by atoms with Crippen molar-refractivity contribution in [3.05, 3.63) is 12.2 Å². The lowest BCUT2D eigenvalue weighted by Gasteiger charge is -2.19. The Morgan fingerprint density at radius 2 is 2.00 bits per heavy atom. The number of hydrogen-bond acceptors (Lipinski definition) is 2. The maximum atomic E-state index is 11.0. The minimum atomic E-state index is -0.174. The summed E-state index contributed by atoms with van der Waals surface area (Å²) < 4.78 is 5.28. The van der Waals surface area contributed by atoms with Crippen LogP contribution < -0.4 is 0 Å². The number of carbonyl (C=O) groups is 1. The molecule has 1 heterocycles. The van der Waals surface area contributed by atoms with Gasteiger partial charge in [0.2, 0.25) is 0 Å². The van der Waals surface area contributed by atoms with Gasteiger partial charge in [-0.25, -0.2) is 4.79 Å². The van der Waals surface area contributed by atoms with Gasteiger partial charge in [-0.2, -0.15) is 0 Å². The van der Waals surface area contributed by atoms with Crippen molar-refractivity contribution in [3.63, 3.8) is 0 Å². The summed E-state index contributed by atoms with van der Waals surface area (Å²) in [6, 6.07) is 0. The Hall–Kier alpha value is -0.790. The van der Waals surface area contributed by atoms with Gasteiger partial charge in [-0.05, 0) is 25.7 Å². The molecule has 0 amide bonds. The van der Waals surface area contributed by atoms with Crippen molar-refractivity contribution in [3.8, 4) is 0 Å². The van der Waals surface area contributed by atoms with E-state index in [1.165, 1.54) is 12.8 Å². The topological polar surface area (TPSA) is 26.3 Å². The van der Waals surface area contributed by atoms with Crippen molar-refractivity contribution in [2.75, 3.05) is 0 Å². The van der Waals surface area contributed by atoms with E-state index in [4.69, 9.17) is 4.74 Å². The quantitative estimate of drug-likeness (QED) is 0.391. The van der Waals surface area contributed by atoms with Gasteiger partial charge in [0.25, 0.3) is 0 Å². The van der Waals surface area contributed by atoms with E-state index in [2.05, 4.69) is 6.58 Å². The van der Waals surface area contributed by atoms with E-state index in [0.717, 1.165) is 19.3 Å². The molecule has 60 valence electrons. The van der Waals surface area contributed by atoms with Crippen molar-refractivity contribution in [2.24, 2.45) is 0 Å². The third-order valence-electron chi connectivity index (χ3n) is 2.65. The molecule has 0 aromatic rings. The van der Waals surface area contributed by atoms with Crippen molar-refractivity contribution in [2.45, 2.75) is 37.7 Å². The Kier molecular flexibility index (Phi) is 1.31. The lowest BCUT2D eigenvalue weighted by Crippen LogP contribution is -2.23. The highest BCUT2D eigenvalue weighted by atomic mass is 16.6. The van der Waals surface area contributed by atoms with Crippen LogP contribution in [0.3, 0.4) is 0 Å². The molecule has 1 aliphatic heterocycles. The lowest BCUT2D eigenvalue weighted by molar-refractivity contribution is -0.145. The predicted octanol–water partition coefficient (Wildman–Crippen LogP) is 1.80. The molecule has 0 radical (unpaired) electrons. The summed E-state index contributed by atoms with van der Waals surface area (Å²) in [5.41, 5.74) is 0.542. The third kappa shape index (κ3) is 0.971. The second-order valence-electron chi connectivity index (χ2n) is 3.56. The van der Waals surface area contributed by atoms with Crippen molar-refractivity contribution in [1.29, 1.82) is 0 Å². The Morgan fingerprint density at radius 3 is 2.45 bits per heavy atom. The number of hydrogen-bond donors (Lipinski definition) is 0. The van der Waals surface area contributed by atoms with E-state index in [1.54, 1.807) is 0 Å². The van der Waals surface area contributed by atoms with Crippen LogP contribution in [0.2, 0.25) is 0 Å². The molecule has 1 aliphatic carbocycles. The summed E-state index contributed by atoms with van der Waals surface area (Å²) in [5, 5.41) is 0. The Bertz CT molecular complexity index is 194. The molecule has 0 atom stereocenters. The highest BCUT2D eigenvalue weighted by Crippen LogP contribution is 2.42. The third-order valence-corrected chi connectivity index (χ3v) is 2.65. The van der Waals surface area contributed by atoms with Gasteiger partial charge in [0, 0.05) is 12.0 Å². The molecule has 2 aliphatic rings. The van der Waals surface area contributed by atoms with Crippen molar-refractivity contribution in [1.82, 2.24) is 0 Å². The fraction of sp³-hybridized carbons (Fsp3) is 0.667. The monoisotopic (exact) mass is 152 g/mol. The SMILES string of the molecule is C=C1CC2(CCCC2)OC1=O. The number of esters is 1. The summed E-state index contributed by atoms with van der Waals surface area (Å²) in [5.74, 6) is -0.174. The molecule has 1 spiro atoms. The van der Waals surface area contributed by atoms with E-state index in [0.29, 0.717) is 5.57 Å². The Morgan fingerprint density at radius 1 is 1.36 bits per heavy atom. The van der Waals surface area contributed by atoms with Crippen LogP contribution >= 0.6 is 0 Å². The van der Waals surface area contributed by atoms with Crippen LogP contribution in [0.25, 0.3) is 0 Å². The average Bonchev–Trinajstić information content (AvgIpc) is 2.46. The van der Waals surface area contributed by atoms with Crippen LogP contribution in [-0.4, -0.2) is 11.6 Å². The minimum Gasteiger partial charge on any atom is -0.455 e. The van der Waals surface area contributed by atoms with Crippen molar-refractivity contribution < 1.29 is 9.53 Å². The number of rotatable bonds is 0. The van der Waals surface area contributed by atoms with Gasteiger partial charge in [0.05, 0.1) is 0 Å². The molecular weight excluding hydrogens is 140 g/mol. The van der Waals surface area contributed by atoms with Crippen LogP contribution in [0, 0.1) is 0 Å². The second-order valence-corrected chi connectivity index (χ2v) is 3.56. The number of carbonyl (C=O) groups excluding carboxylic acids is 1. The van der Waals surface area contributed by atoms with E-state index in [-0.39, 0.29) is 11.6 Å². The molecule has 2 rings (SSSR count). The molecule has 0 aromatic carbocycles. The highest BCUT2D eigenvalue weighted by molar-refractivity contribution is 5.90. The molecule has 11 heavy (non-hydrogen) atoms. The zero-order valence-electron chi connectivity index (χ0n) is 6.56. The average molecular weight is 152 g/mol. The van der Waals surface area contributed by atoms with Crippen LogP contribution in [0.5, 0.6) is 0 Å². The molecule has 0 unspecified atom stereocenters. The molecule has 2 heteroatoms. The fourth-order valence-electron chi connectivity index (χ4n) is 2.06. The number of ether oxygens (including phenoxy) is 1. The minimum absolute atomic E-state index is 0.117. The van der Waals surface area contributed by atoms with Gasteiger partial charge in [-0.15, -0.1) is 0 Å². The van der Waals surface area contributed by atoms with E-state index >= 15 is 0 Å². The first-order chi connectivity index (χ1) is 5.22. The molecule has 1 saturated carbocycles. The molecule has 0 N–H and O–H groups in total. The van der Waals surface area contributed by atoms with Crippen LogP contribution in [0.4, 0.5) is 0 Å². The maximum absolute atomic E-state index is 11.0. The molecule has 2 fully saturated rings. The van der Waals surface area contributed by atoms with Gasteiger partial charge < -0.3 is 4.74 Å². The maximum Gasteiger partial charge on any atom is 0.334 e. The standard InChI is InChI=1S/C9H12O2/c1-7-6-9(11-8(7)10)4-2-3-5-9/h1-6H2. The van der Waals surface area contributed by atoms with Gasteiger partial charge in [-0.3, -0.25) is 0 Å². The zero-order chi connectivity index (χ0) is 7.90. The summed E-state index contributed by atoms with van der Waals surface area (Å²) in [6.07, 6.45) is 5.24. The summed E-state index contributed by atoms with van der Waals surface area (Å²) in [4.78, 5) is 11.0. The first-order valence-electron chi connectivity index (χ1n) is 4.13. The second kappa shape index (κ2) is 2.10. The van der Waals surface area contributed by atoms with Crippen LogP contribution in [0.15, 0.2) is 12.2 Å². The predicted molar refractivity (Wildman–Crippen MR) is 41.0 cm³/mol. The molecular formula is C9H12O2. The van der Waals surface area contributed by atoms with Crippen LogP contribution in [0.1, 0.15) is 32.1 Å². The lowest BCUT2D eigenvalue weighted by atomic mass is 9.97. The Balaban J connectivity index is 2.18. The van der Waals surface area contributed by atoms with Crippen LogP contribution in [-0.2, 0) is 9.53 Å². The van der Waals surface area contributed by atoms with E-state index in [9.17, 15) is 4.79 Å². The van der Waals surface area contributed by atoms with Gasteiger partial charge in [-0.1, -0.05) is 6.58 Å².